The number of H-pyrrole nitrogens is 1. The summed E-state index contributed by atoms with van der Waals surface area (Å²) in [5.74, 6) is 0.0449. The van der Waals surface area contributed by atoms with Crippen LogP contribution in [0.15, 0.2) is 30.3 Å². The third-order valence-electron chi connectivity index (χ3n) is 3.10. The van der Waals surface area contributed by atoms with Gasteiger partial charge in [-0.25, -0.2) is 0 Å². The van der Waals surface area contributed by atoms with Gasteiger partial charge in [0, 0.05) is 6.42 Å². The van der Waals surface area contributed by atoms with Crippen molar-refractivity contribution < 1.29 is 4.79 Å². The zero-order chi connectivity index (χ0) is 13.7. The molecule has 4 nitrogen and oxygen atoms in total. The molecule has 1 aromatic carbocycles. The Morgan fingerprint density at radius 1 is 1.26 bits per heavy atom. The Bertz CT molecular complexity index is 526. The number of anilines is 1. The molecule has 1 heterocycles. The average Bonchev–Trinajstić information content (AvgIpc) is 2.72. The molecule has 0 saturated carbocycles. The Hall–Kier alpha value is -2.10. The number of hydrogen-bond acceptors (Lipinski definition) is 2. The lowest BCUT2D eigenvalue weighted by Crippen LogP contribution is -2.12. The summed E-state index contributed by atoms with van der Waals surface area (Å²) in [5.41, 5.74) is 3.80. The SMILES string of the molecule is Cc1n[nH]c(C)c1NC(=O)CCCc1ccccc1. The highest BCUT2D eigenvalue weighted by atomic mass is 16.1. The lowest BCUT2D eigenvalue weighted by molar-refractivity contribution is -0.116. The number of nitrogens with one attached hydrogen (secondary N) is 2. The first kappa shape index (κ1) is 13.3. The van der Waals surface area contributed by atoms with Gasteiger partial charge in [-0.1, -0.05) is 30.3 Å². The predicted molar refractivity (Wildman–Crippen MR) is 76.1 cm³/mol. The number of carbonyl (C=O) groups excluding carboxylic acids is 1. The summed E-state index contributed by atoms with van der Waals surface area (Å²) in [6.45, 7) is 3.78. The van der Waals surface area contributed by atoms with Crippen molar-refractivity contribution in [1.29, 1.82) is 0 Å². The monoisotopic (exact) mass is 257 g/mol. The number of amides is 1. The van der Waals surface area contributed by atoms with Gasteiger partial charge in [-0.3, -0.25) is 9.89 Å². The number of aromatic amines is 1. The average molecular weight is 257 g/mol. The van der Waals surface area contributed by atoms with Crippen molar-refractivity contribution in [1.82, 2.24) is 10.2 Å². The van der Waals surface area contributed by atoms with Gasteiger partial charge in [0.1, 0.15) is 0 Å². The van der Waals surface area contributed by atoms with Crippen molar-refractivity contribution >= 4 is 11.6 Å². The van der Waals surface area contributed by atoms with Crippen molar-refractivity contribution in [3.63, 3.8) is 0 Å². The molecule has 100 valence electrons. The van der Waals surface area contributed by atoms with Gasteiger partial charge < -0.3 is 5.32 Å². The summed E-state index contributed by atoms with van der Waals surface area (Å²) in [7, 11) is 0. The van der Waals surface area contributed by atoms with Gasteiger partial charge in [0.05, 0.1) is 17.1 Å². The highest BCUT2D eigenvalue weighted by Gasteiger charge is 2.09. The first-order valence-electron chi connectivity index (χ1n) is 6.52. The van der Waals surface area contributed by atoms with E-state index in [2.05, 4.69) is 27.6 Å². The van der Waals surface area contributed by atoms with Crippen LogP contribution < -0.4 is 5.32 Å². The van der Waals surface area contributed by atoms with E-state index in [0.717, 1.165) is 29.9 Å². The fourth-order valence-corrected chi connectivity index (χ4v) is 2.03. The Balaban J connectivity index is 1.79. The second-order valence-corrected chi connectivity index (χ2v) is 4.70. The lowest BCUT2D eigenvalue weighted by Gasteiger charge is -2.05. The summed E-state index contributed by atoms with van der Waals surface area (Å²) >= 11 is 0. The molecule has 0 atom stereocenters. The molecule has 1 aromatic heterocycles. The smallest absolute Gasteiger partial charge is 0.224 e. The maximum atomic E-state index is 11.9. The molecule has 2 rings (SSSR count). The third kappa shape index (κ3) is 3.68. The molecule has 4 heteroatoms. The molecule has 19 heavy (non-hydrogen) atoms. The Morgan fingerprint density at radius 3 is 2.63 bits per heavy atom. The van der Waals surface area contributed by atoms with Crippen LogP contribution in [0.3, 0.4) is 0 Å². The first-order chi connectivity index (χ1) is 9.16. The summed E-state index contributed by atoms with van der Waals surface area (Å²) < 4.78 is 0. The van der Waals surface area contributed by atoms with Crippen molar-refractivity contribution in [3.8, 4) is 0 Å². The molecule has 2 aromatic rings. The van der Waals surface area contributed by atoms with E-state index in [-0.39, 0.29) is 5.91 Å². The second-order valence-electron chi connectivity index (χ2n) is 4.70. The number of hydrogen-bond donors (Lipinski definition) is 2. The summed E-state index contributed by atoms with van der Waals surface area (Å²) in [5, 5.41) is 9.83. The zero-order valence-electron chi connectivity index (χ0n) is 11.4. The van der Waals surface area contributed by atoms with Crippen LogP contribution in [-0.4, -0.2) is 16.1 Å². The van der Waals surface area contributed by atoms with E-state index < -0.39 is 0 Å². The topological polar surface area (TPSA) is 57.8 Å². The Labute approximate surface area is 113 Å². The van der Waals surface area contributed by atoms with Crippen LogP contribution in [0.2, 0.25) is 0 Å². The fourth-order valence-electron chi connectivity index (χ4n) is 2.03. The largest absolute Gasteiger partial charge is 0.323 e. The van der Waals surface area contributed by atoms with Crippen molar-refractivity contribution in [2.45, 2.75) is 33.1 Å². The van der Waals surface area contributed by atoms with E-state index in [4.69, 9.17) is 0 Å². The number of rotatable bonds is 5. The zero-order valence-corrected chi connectivity index (χ0v) is 11.4. The van der Waals surface area contributed by atoms with Gasteiger partial charge in [-0.2, -0.15) is 5.10 Å². The molecule has 0 aliphatic carbocycles. The van der Waals surface area contributed by atoms with Crippen LogP contribution >= 0.6 is 0 Å². The van der Waals surface area contributed by atoms with Crippen molar-refractivity contribution in [2.24, 2.45) is 0 Å². The quantitative estimate of drug-likeness (QED) is 0.865. The van der Waals surface area contributed by atoms with Crippen molar-refractivity contribution in [2.75, 3.05) is 5.32 Å². The highest BCUT2D eigenvalue weighted by molar-refractivity contribution is 5.91. The van der Waals surface area contributed by atoms with Gasteiger partial charge >= 0.3 is 0 Å². The molecule has 0 bridgehead atoms. The maximum absolute atomic E-state index is 11.9. The number of carbonyl (C=O) groups is 1. The molecule has 0 radical (unpaired) electrons. The number of aryl methyl sites for hydroxylation is 3. The molecule has 0 spiro atoms. The van der Waals surface area contributed by atoms with Crippen LogP contribution in [0.5, 0.6) is 0 Å². The van der Waals surface area contributed by atoms with Gasteiger partial charge in [-0.15, -0.1) is 0 Å². The van der Waals surface area contributed by atoms with Crippen LogP contribution in [0.4, 0.5) is 5.69 Å². The number of benzene rings is 1. The van der Waals surface area contributed by atoms with E-state index in [0.29, 0.717) is 6.42 Å². The molecule has 0 saturated heterocycles. The summed E-state index contributed by atoms with van der Waals surface area (Å²) in [6.07, 6.45) is 2.31. The van der Waals surface area contributed by atoms with Crippen LogP contribution in [0.1, 0.15) is 29.8 Å². The molecular formula is C15H19N3O. The molecule has 2 N–H and O–H groups in total. The standard InChI is InChI=1S/C15H19N3O/c1-11-15(12(2)18-17-11)16-14(19)10-6-9-13-7-4-3-5-8-13/h3-5,7-8H,6,9-10H2,1-2H3,(H,16,19)(H,17,18). The van der Waals surface area contributed by atoms with Gasteiger partial charge in [0.15, 0.2) is 0 Å². The first-order valence-corrected chi connectivity index (χ1v) is 6.52. The minimum absolute atomic E-state index is 0.0449. The van der Waals surface area contributed by atoms with E-state index >= 15 is 0 Å². The van der Waals surface area contributed by atoms with Crippen LogP contribution in [-0.2, 0) is 11.2 Å². The Kier molecular flexibility index (Phi) is 4.34. The maximum Gasteiger partial charge on any atom is 0.224 e. The van der Waals surface area contributed by atoms with E-state index in [1.807, 2.05) is 32.0 Å². The lowest BCUT2D eigenvalue weighted by atomic mass is 10.1. The van der Waals surface area contributed by atoms with E-state index in [9.17, 15) is 4.79 Å². The number of nitrogens with zero attached hydrogens (tertiary/aromatic N) is 1. The molecule has 0 fully saturated rings. The van der Waals surface area contributed by atoms with E-state index in [1.165, 1.54) is 5.56 Å². The molecule has 1 amide bonds. The van der Waals surface area contributed by atoms with Gasteiger partial charge in [0.2, 0.25) is 5.91 Å². The third-order valence-corrected chi connectivity index (χ3v) is 3.10. The van der Waals surface area contributed by atoms with Crippen LogP contribution in [0, 0.1) is 13.8 Å². The number of aromatic nitrogens is 2. The normalized spacial score (nSPS) is 10.4. The molecule has 0 aliphatic heterocycles. The fraction of sp³-hybridized carbons (Fsp3) is 0.333. The van der Waals surface area contributed by atoms with Gasteiger partial charge in [-0.05, 0) is 32.3 Å². The van der Waals surface area contributed by atoms with Crippen molar-refractivity contribution in [3.05, 3.63) is 47.3 Å². The minimum Gasteiger partial charge on any atom is -0.323 e. The molecule has 0 unspecified atom stereocenters. The van der Waals surface area contributed by atoms with Crippen LogP contribution in [0.25, 0.3) is 0 Å². The summed E-state index contributed by atoms with van der Waals surface area (Å²) in [4.78, 5) is 11.9. The highest BCUT2D eigenvalue weighted by Crippen LogP contribution is 2.16. The summed E-state index contributed by atoms with van der Waals surface area (Å²) in [6, 6.07) is 10.2. The molecular weight excluding hydrogens is 238 g/mol. The molecule has 0 aliphatic rings. The van der Waals surface area contributed by atoms with Gasteiger partial charge in [0.25, 0.3) is 0 Å². The Morgan fingerprint density at radius 2 is 2.00 bits per heavy atom. The van der Waals surface area contributed by atoms with E-state index in [1.54, 1.807) is 0 Å². The second kappa shape index (κ2) is 6.18. The predicted octanol–water partition coefficient (Wildman–Crippen LogP) is 2.99. The minimum atomic E-state index is 0.0449.